The van der Waals surface area contributed by atoms with E-state index in [0.717, 1.165) is 0 Å². The van der Waals surface area contributed by atoms with Crippen LogP contribution >= 0.6 is 0 Å². The van der Waals surface area contributed by atoms with Crippen molar-refractivity contribution in [2.45, 2.75) is 18.6 Å². The Balaban J connectivity index is 1.72. The van der Waals surface area contributed by atoms with Gasteiger partial charge in [-0.1, -0.05) is 12.1 Å². The van der Waals surface area contributed by atoms with Crippen LogP contribution in [-0.2, 0) is 0 Å². The molecule has 1 aromatic carbocycles. The first-order valence-electron chi connectivity index (χ1n) is 7.65. The normalized spacial score (nSPS) is 20.7. The van der Waals surface area contributed by atoms with Crippen molar-refractivity contribution in [3.63, 3.8) is 0 Å². The number of aliphatic hydroxyl groups excluding tert-OH is 1. The second kappa shape index (κ2) is 5.68. The number of hydrogen-bond acceptors (Lipinski definition) is 4. The predicted molar refractivity (Wildman–Crippen MR) is 83.8 cm³/mol. The number of aliphatic hydroxyl groups is 1. The number of carbonyl (C=O) groups is 1. The molecule has 0 radical (unpaired) electrons. The summed E-state index contributed by atoms with van der Waals surface area (Å²) < 4.78 is 15.1. The molecule has 0 unspecified atom stereocenters. The summed E-state index contributed by atoms with van der Waals surface area (Å²) in [4.78, 5) is 18.6. The van der Waals surface area contributed by atoms with Crippen LogP contribution in [0, 0.1) is 5.82 Å². The third-order valence-electron chi connectivity index (χ3n) is 4.33. The van der Waals surface area contributed by atoms with Gasteiger partial charge in [-0.3, -0.25) is 9.78 Å². The van der Waals surface area contributed by atoms with Crippen molar-refractivity contribution in [1.29, 1.82) is 0 Å². The van der Waals surface area contributed by atoms with Crippen molar-refractivity contribution < 1.29 is 14.3 Å². The number of aromatic nitrogens is 3. The first-order valence-corrected chi connectivity index (χ1v) is 7.65. The van der Waals surface area contributed by atoms with Gasteiger partial charge in [0.1, 0.15) is 5.82 Å². The van der Waals surface area contributed by atoms with Gasteiger partial charge in [0.05, 0.1) is 35.6 Å². The van der Waals surface area contributed by atoms with Gasteiger partial charge in [-0.05, 0) is 24.1 Å². The zero-order valence-electron chi connectivity index (χ0n) is 12.7. The van der Waals surface area contributed by atoms with Crippen molar-refractivity contribution in [2.24, 2.45) is 0 Å². The van der Waals surface area contributed by atoms with E-state index >= 15 is 0 Å². The molecule has 1 fully saturated rings. The van der Waals surface area contributed by atoms with Crippen molar-refractivity contribution in [2.75, 3.05) is 6.54 Å². The van der Waals surface area contributed by atoms with Crippen LogP contribution < -0.4 is 0 Å². The van der Waals surface area contributed by atoms with Gasteiger partial charge in [0, 0.05) is 18.9 Å². The molecule has 122 valence electrons. The number of carbonyl (C=O) groups excluding carboxylic acids is 1. The van der Waals surface area contributed by atoms with Crippen LogP contribution in [0.2, 0.25) is 0 Å². The summed E-state index contributed by atoms with van der Waals surface area (Å²) in [7, 11) is 0. The first kappa shape index (κ1) is 14.8. The van der Waals surface area contributed by atoms with Gasteiger partial charge in [-0.2, -0.15) is 5.10 Å². The maximum Gasteiger partial charge on any atom is 0.258 e. The van der Waals surface area contributed by atoms with Crippen LogP contribution in [0.15, 0.2) is 49.1 Å². The molecule has 3 heterocycles. The Labute approximate surface area is 137 Å². The summed E-state index contributed by atoms with van der Waals surface area (Å²) in [6.45, 7) is 0.206. The van der Waals surface area contributed by atoms with E-state index in [-0.39, 0.29) is 24.3 Å². The van der Waals surface area contributed by atoms with Crippen LogP contribution in [0.25, 0.3) is 5.52 Å². The van der Waals surface area contributed by atoms with E-state index in [1.165, 1.54) is 18.3 Å². The van der Waals surface area contributed by atoms with E-state index in [4.69, 9.17) is 0 Å². The van der Waals surface area contributed by atoms with Gasteiger partial charge in [-0.15, -0.1) is 0 Å². The Morgan fingerprint density at radius 3 is 3.04 bits per heavy atom. The van der Waals surface area contributed by atoms with Gasteiger partial charge < -0.3 is 10.0 Å². The summed E-state index contributed by atoms with van der Waals surface area (Å²) in [6.07, 6.45) is 6.06. The predicted octanol–water partition coefficient (Wildman–Crippen LogP) is 1.82. The number of β-amino-alcohol motifs (C(OH)–C–C–N with tert-alkyl or cyclic N) is 1. The fourth-order valence-corrected chi connectivity index (χ4v) is 3.22. The molecule has 0 aliphatic carbocycles. The molecule has 7 heteroatoms. The summed E-state index contributed by atoms with van der Waals surface area (Å²) in [5, 5.41) is 14.2. The minimum Gasteiger partial charge on any atom is -0.391 e. The minimum atomic E-state index is -0.637. The minimum absolute atomic E-state index is 0.206. The number of fused-ring (bicyclic) bond motifs is 1. The second-order valence-corrected chi connectivity index (χ2v) is 5.88. The number of hydrogen-bond donors (Lipinski definition) is 1. The Kier molecular flexibility index (Phi) is 3.50. The molecule has 0 spiro atoms. The maximum atomic E-state index is 13.5. The number of rotatable bonds is 2. The quantitative estimate of drug-likeness (QED) is 0.780. The van der Waals surface area contributed by atoms with Crippen LogP contribution in [0.4, 0.5) is 4.39 Å². The molecule has 6 nitrogen and oxygen atoms in total. The molecule has 2 atom stereocenters. The highest BCUT2D eigenvalue weighted by atomic mass is 19.1. The molecular weight excluding hydrogens is 311 g/mol. The molecule has 1 saturated heterocycles. The third kappa shape index (κ3) is 2.43. The summed E-state index contributed by atoms with van der Waals surface area (Å²) in [5.41, 5.74) is 1.69. The lowest BCUT2D eigenvalue weighted by Crippen LogP contribution is -2.31. The van der Waals surface area contributed by atoms with Crippen molar-refractivity contribution in [3.8, 4) is 0 Å². The van der Waals surface area contributed by atoms with Gasteiger partial charge in [0.2, 0.25) is 0 Å². The number of halogens is 1. The molecule has 2 aromatic heterocycles. The number of likely N-dealkylation sites (tertiary alicyclic amines) is 1. The summed E-state index contributed by atoms with van der Waals surface area (Å²) in [5.74, 6) is -0.606. The van der Waals surface area contributed by atoms with Crippen LogP contribution in [0.5, 0.6) is 0 Å². The maximum absolute atomic E-state index is 13.5. The average molecular weight is 326 g/mol. The summed E-state index contributed by atoms with van der Waals surface area (Å²) >= 11 is 0. The third-order valence-corrected chi connectivity index (χ3v) is 4.33. The van der Waals surface area contributed by atoms with Crippen LogP contribution in [-0.4, -0.2) is 43.2 Å². The molecule has 4 rings (SSSR count). The highest BCUT2D eigenvalue weighted by Gasteiger charge is 2.36. The summed E-state index contributed by atoms with van der Waals surface area (Å²) in [6, 6.07) is 5.77. The van der Waals surface area contributed by atoms with Gasteiger partial charge in [0.25, 0.3) is 5.91 Å². The van der Waals surface area contributed by atoms with Crippen molar-refractivity contribution in [1.82, 2.24) is 19.5 Å². The van der Waals surface area contributed by atoms with Gasteiger partial charge in [0.15, 0.2) is 0 Å². The van der Waals surface area contributed by atoms with E-state index < -0.39 is 6.10 Å². The highest BCUT2D eigenvalue weighted by molar-refractivity contribution is 6.00. The molecule has 1 amide bonds. The van der Waals surface area contributed by atoms with Crippen LogP contribution in [0.1, 0.15) is 28.4 Å². The van der Waals surface area contributed by atoms with Crippen molar-refractivity contribution in [3.05, 3.63) is 66.0 Å². The zero-order chi connectivity index (χ0) is 16.7. The molecule has 1 N–H and O–H groups in total. The van der Waals surface area contributed by atoms with Crippen LogP contribution in [0.3, 0.4) is 0 Å². The Hall–Kier alpha value is -2.80. The Bertz CT molecular complexity index is 910. The largest absolute Gasteiger partial charge is 0.391 e. The molecule has 1 aliphatic rings. The smallest absolute Gasteiger partial charge is 0.258 e. The van der Waals surface area contributed by atoms with E-state index in [9.17, 15) is 14.3 Å². The highest BCUT2D eigenvalue weighted by Crippen LogP contribution is 2.34. The first-order chi connectivity index (χ1) is 11.6. The van der Waals surface area contributed by atoms with E-state index in [1.54, 1.807) is 40.1 Å². The molecule has 1 aliphatic heterocycles. The monoisotopic (exact) mass is 326 g/mol. The molecule has 24 heavy (non-hydrogen) atoms. The Morgan fingerprint density at radius 2 is 2.21 bits per heavy atom. The number of amides is 1. The average Bonchev–Trinajstić information content (AvgIpc) is 3.18. The topological polar surface area (TPSA) is 70.7 Å². The zero-order valence-corrected chi connectivity index (χ0v) is 12.7. The molecule has 0 saturated carbocycles. The van der Waals surface area contributed by atoms with E-state index in [1.807, 2.05) is 0 Å². The van der Waals surface area contributed by atoms with Gasteiger partial charge in [-0.25, -0.2) is 8.91 Å². The molecule has 3 aromatic rings. The molecule has 0 bridgehead atoms. The number of nitrogens with zero attached hydrogens (tertiary/aromatic N) is 4. The van der Waals surface area contributed by atoms with E-state index in [0.29, 0.717) is 23.1 Å². The SMILES string of the molecule is O=C(c1cnn2ccncc12)N1C[C@H](O)C[C@@H]1c1cccc(F)c1. The lowest BCUT2D eigenvalue weighted by Gasteiger charge is -2.24. The lowest BCUT2D eigenvalue weighted by molar-refractivity contribution is 0.0717. The fraction of sp³-hybridized carbons (Fsp3) is 0.235. The molecular formula is C17H15FN4O2. The number of benzene rings is 1. The van der Waals surface area contributed by atoms with E-state index in [2.05, 4.69) is 10.1 Å². The standard InChI is InChI=1S/C17H15FN4O2/c18-12-3-1-2-11(6-12)15-7-13(23)10-21(15)17(24)14-8-20-22-5-4-19-9-16(14)22/h1-6,8-9,13,15,23H,7,10H2/t13-,15-/m1/s1. The fourth-order valence-electron chi connectivity index (χ4n) is 3.22. The Morgan fingerprint density at radius 1 is 1.33 bits per heavy atom. The second-order valence-electron chi connectivity index (χ2n) is 5.88. The van der Waals surface area contributed by atoms with Crippen molar-refractivity contribution >= 4 is 11.4 Å². The lowest BCUT2D eigenvalue weighted by atomic mass is 10.0. The van der Waals surface area contributed by atoms with Gasteiger partial charge >= 0.3 is 0 Å².